The van der Waals surface area contributed by atoms with E-state index in [0.29, 0.717) is 17.9 Å². The van der Waals surface area contributed by atoms with Crippen molar-refractivity contribution >= 4 is 21.7 Å². The second-order valence-electron chi connectivity index (χ2n) is 6.97. The van der Waals surface area contributed by atoms with Crippen molar-refractivity contribution in [1.29, 1.82) is 0 Å². The van der Waals surface area contributed by atoms with E-state index in [4.69, 9.17) is 9.47 Å². The molecule has 2 aromatic carbocycles. The maximum atomic E-state index is 12.1. The van der Waals surface area contributed by atoms with Crippen molar-refractivity contribution in [2.24, 2.45) is 0 Å². The Kier molecular flexibility index (Phi) is 5.69. The third kappa shape index (κ3) is 5.32. The van der Waals surface area contributed by atoms with Crippen LogP contribution in [-0.2, 0) is 19.4 Å². The van der Waals surface area contributed by atoms with Crippen molar-refractivity contribution < 1.29 is 27.5 Å². The van der Waals surface area contributed by atoms with Gasteiger partial charge in [0.1, 0.15) is 11.5 Å². The summed E-state index contributed by atoms with van der Waals surface area (Å²) in [5, 5.41) is 2.64. The fourth-order valence-electron chi connectivity index (χ4n) is 2.98. The number of carbonyl (C=O) groups excluding carboxylic acids is 2. The van der Waals surface area contributed by atoms with Crippen LogP contribution in [0.2, 0.25) is 0 Å². The highest BCUT2D eigenvalue weighted by Crippen LogP contribution is 2.23. The van der Waals surface area contributed by atoms with E-state index in [-0.39, 0.29) is 17.1 Å². The Morgan fingerprint density at radius 3 is 2.29 bits per heavy atom. The van der Waals surface area contributed by atoms with Gasteiger partial charge in [0.05, 0.1) is 22.6 Å². The highest BCUT2D eigenvalue weighted by Gasteiger charge is 2.39. The monoisotopic (exact) mass is 403 g/mol. The fraction of sp³-hybridized carbons (Fsp3) is 0.300. The van der Waals surface area contributed by atoms with E-state index in [1.807, 2.05) is 30.3 Å². The molecule has 8 heteroatoms. The number of hydrogen-bond acceptors (Lipinski definition) is 6. The van der Waals surface area contributed by atoms with Gasteiger partial charge in [0.15, 0.2) is 16.4 Å². The summed E-state index contributed by atoms with van der Waals surface area (Å²) in [5.41, 5.74) is -0.540. The van der Waals surface area contributed by atoms with Crippen molar-refractivity contribution in [2.45, 2.75) is 18.9 Å². The minimum atomic E-state index is -3.13. The van der Waals surface area contributed by atoms with Crippen molar-refractivity contribution in [2.75, 3.05) is 18.1 Å². The number of rotatable bonds is 6. The van der Waals surface area contributed by atoms with Crippen LogP contribution < -0.4 is 10.1 Å². The number of carbonyl (C=O) groups is 2. The van der Waals surface area contributed by atoms with Crippen LogP contribution >= 0.6 is 0 Å². The molecule has 1 amide bonds. The zero-order chi connectivity index (χ0) is 20.2. The number of benzene rings is 2. The van der Waals surface area contributed by atoms with Crippen molar-refractivity contribution in [3.05, 3.63) is 60.2 Å². The SMILES string of the molecule is C[C@]1(NC(=O)COC(=O)c2ccc(Oc3ccccc3)cc2)CCS(=O)(=O)C1. The van der Waals surface area contributed by atoms with Crippen molar-refractivity contribution in [3.63, 3.8) is 0 Å². The van der Waals surface area contributed by atoms with Gasteiger partial charge in [0, 0.05) is 0 Å². The van der Waals surface area contributed by atoms with E-state index in [1.54, 1.807) is 31.2 Å². The van der Waals surface area contributed by atoms with Gasteiger partial charge in [0.2, 0.25) is 0 Å². The Hall–Kier alpha value is -2.87. The van der Waals surface area contributed by atoms with Crippen LogP contribution in [0.4, 0.5) is 0 Å². The number of nitrogens with one attached hydrogen (secondary N) is 1. The van der Waals surface area contributed by atoms with Crippen LogP contribution in [-0.4, -0.2) is 43.9 Å². The highest BCUT2D eigenvalue weighted by atomic mass is 32.2. The number of hydrogen-bond donors (Lipinski definition) is 1. The van der Waals surface area contributed by atoms with Crippen molar-refractivity contribution in [3.8, 4) is 11.5 Å². The zero-order valence-corrected chi connectivity index (χ0v) is 16.2. The minimum Gasteiger partial charge on any atom is -0.457 e. The summed E-state index contributed by atoms with van der Waals surface area (Å²) in [5.74, 6) is -0.000785. The summed E-state index contributed by atoms with van der Waals surface area (Å²) in [6.45, 7) is 1.19. The molecule has 0 unspecified atom stereocenters. The molecule has 2 aromatic rings. The summed E-state index contributed by atoms with van der Waals surface area (Å²) >= 11 is 0. The molecule has 0 aromatic heterocycles. The van der Waals surface area contributed by atoms with E-state index in [0.717, 1.165) is 0 Å². The Labute approximate surface area is 163 Å². The molecule has 0 aliphatic carbocycles. The molecule has 1 aliphatic rings. The predicted molar refractivity (Wildman–Crippen MR) is 103 cm³/mol. The first-order valence-corrected chi connectivity index (χ1v) is 10.6. The van der Waals surface area contributed by atoms with Gasteiger partial charge in [-0.2, -0.15) is 0 Å². The van der Waals surface area contributed by atoms with Gasteiger partial charge in [-0.05, 0) is 49.7 Å². The molecular formula is C20H21NO6S. The van der Waals surface area contributed by atoms with Crippen LogP contribution in [0.25, 0.3) is 0 Å². The molecule has 1 aliphatic heterocycles. The molecule has 1 N–H and O–H groups in total. The van der Waals surface area contributed by atoms with Crippen LogP contribution in [0.5, 0.6) is 11.5 Å². The lowest BCUT2D eigenvalue weighted by atomic mass is 10.0. The number of ether oxygens (including phenoxy) is 2. The first-order chi connectivity index (χ1) is 13.2. The lowest BCUT2D eigenvalue weighted by Gasteiger charge is -2.23. The van der Waals surface area contributed by atoms with Gasteiger partial charge in [-0.25, -0.2) is 13.2 Å². The molecule has 1 saturated heterocycles. The first kappa shape index (κ1) is 19.9. The fourth-order valence-corrected chi connectivity index (χ4v) is 5.07. The maximum Gasteiger partial charge on any atom is 0.338 e. The Bertz CT molecular complexity index is 956. The van der Waals surface area contributed by atoms with Gasteiger partial charge in [-0.3, -0.25) is 4.79 Å². The smallest absolute Gasteiger partial charge is 0.338 e. The van der Waals surface area contributed by atoms with Gasteiger partial charge in [0.25, 0.3) is 5.91 Å². The van der Waals surface area contributed by atoms with Crippen LogP contribution in [0, 0.1) is 0 Å². The van der Waals surface area contributed by atoms with Gasteiger partial charge in [-0.1, -0.05) is 18.2 Å². The van der Waals surface area contributed by atoms with E-state index >= 15 is 0 Å². The molecule has 148 valence electrons. The molecule has 1 fully saturated rings. The number of sulfone groups is 1. The molecule has 1 heterocycles. The van der Waals surface area contributed by atoms with Crippen LogP contribution in [0.3, 0.4) is 0 Å². The average Bonchev–Trinajstić information content (AvgIpc) is 2.94. The standard InChI is InChI=1S/C20H21NO6S/c1-20(11-12-28(24,25)14-20)21-18(22)13-26-19(23)15-7-9-17(10-8-15)27-16-5-3-2-4-6-16/h2-10H,11-14H2,1H3,(H,21,22)/t20-/m0/s1. The molecular weight excluding hydrogens is 382 g/mol. The van der Waals surface area contributed by atoms with Gasteiger partial charge >= 0.3 is 5.97 Å². The average molecular weight is 403 g/mol. The summed E-state index contributed by atoms with van der Waals surface area (Å²) in [7, 11) is -3.13. The van der Waals surface area contributed by atoms with Crippen LogP contribution in [0.15, 0.2) is 54.6 Å². The van der Waals surface area contributed by atoms with Crippen LogP contribution in [0.1, 0.15) is 23.7 Å². The van der Waals surface area contributed by atoms with E-state index in [1.165, 1.54) is 0 Å². The molecule has 0 bridgehead atoms. The van der Waals surface area contributed by atoms with E-state index in [9.17, 15) is 18.0 Å². The van der Waals surface area contributed by atoms with Gasteiger partial charge in [-0.15, -0.1) is 0 Å². The Balaban J connectivity index is 1.50. The Morgan fingerprint density at radius 2 is 1.68 bits per heavy atom. The third-order valence-electron chi connectivity index (χ3n) is 4.35. The molecule has 28 heavy (non-hydrogen) atoms. The van der Waals surface area contributed by atoms with Crippen molar-refractivity contribution in [1.82, 2.24) is 5.32 Å². The lowest BCUT2D eigenvalue weighted by Crippen LogP contribution is -2.48. The summed E-state index contributed by atoms with van der Waals surface area (Å²) in [6.07, 6.45) is 0.345. The second-order valence-corrected chi connectivity index (χ2v) is 9.15. The molecule has 3 rings (SSSR count). The highest BCUT2D eigenvalue weighted by molar-refractivity contribution is 7.91. The zero-order valence-electron chi connectivity index (χ0n) is 15.4. The second kappa shape index (κ2) is 8.02. The van der Waals surface area contributed by atoms with E-state index in [2.05, 4.69) is 5.32 Å². The maximum absolute atomic E-state index is 12.1. The number of amides is 1. The topological polar surface area (TPSA) is 98.8 Å². The molecule has 1 atom stereocenters. The molecule has 0 radical (unpaired) electrons. The minimum absolute atomic E-state index is 0.0426. The summed E-state index contributed by atoms with van der Waals surface area (Å²) in [4.78, 5) is 24.1. The number of para-hydroxylation sites is 1. The molecule has 7 nitrogen and oxygen atoms in total. The third-order valence-corrected chi connectivity index (χ3v) is 6.25. The van der Waals surface area contributed by atoms with E-state index < -0.39 is 33.9 Å². The first-order valence-electron chi connectivity index (χ1n) is 8.76. The quantitative estimate of drug-likeness (QED) is 0.744. The predicted octanol–water partition coefficient (Wildman–Crippen LogP) is 2.33. The molecule has 0 saturated carbocycles. The number of esters is 1. The summed E-state index contributed by atoms with van der Waals surface area (Å²) < 4.78 is 33.8. The lowest BCUT2D eigenvalue weighted by molar-refractivity contribution is -0.125. The Morgan fingerprint density at radius 1 is 1.04 bits per heavy atom. The largest absolute Gasteiger partial charge is 0.457 e. The summed E-state index contributed by atoms with van der Waals surface area (Å²) in [6, 6.07) is 15.6. The van der Waals surface area contributed by atoms with Gasteiger partial charge < -0.3 is 14.8 Å². The normalized spacial score (nSPS) is 20.3. The molecule has 0 spiro atoms.